The molecule has 0 aliphatic carbocycles. The molecule has 0 fully saturated rings. The molecule has 0 aromatic carbocycles. The Morgan fingerprint density at radius 3 is 2.59 bits per heavy atom. The van der Waals surface area contributed by atoms with Crippen molar-refractivity contribution in [1.29, 1.82) is 0 Å². The molecule has 4 heteroatoms. The molecule has 0 bridgehead atoms. The van der Waals surface area contributed by atoms with Crippen LogP contribution < -0.4 is 5.73 Å². The number of aryl methyl sites for hydroxylation is 2. The Hall–Kier alpha value is -2.23. The molecule has 0 spiro atoms. The Labute approximate surface area is 99.5 Å². The van der Waals surface area contributed by atoms with Crippen LogP contribution in [0.2, 0.25) is 0 Å². The van der Waals surface area contributed by atoms with E-state index in [-0.39, 0.29) is 0 Å². The minimum atomic E-state index is -0.436. The maximum Gasteiger partial charge on any atom is 0.250 e. The first-order chi connectivity index (χ1) is 8.27. The van der Waals surface area contributed by atoms with Gasteiger partial charge in [0.2, 0.25) is 0 Å². The highest BCUT2D eigenvalue weighted by Gasteiger charge is 2.08. The number of nitrogens with two attached hydrogens (primary N) is 1. The molecule has 2 heterocycles. The Bertz CT molecular complexity index is 511. The first kappa shape index (κ1) is 11.3. The van der Waals surface area contributed by atoms with E-state index in [1.54, 1.807) is 24.5 Å². The van der Waals surface area contributed by atoms with E-state index in [1.807, 2.05) is 18.2 Å². The molecule has 1 amide bonds. The zero-order valence-corrected chi connectivity index (χ0v) is 9.34. The standard InChI is InChI=1S/C13H13N3O/c14-13(17)11-5-3-9-16-12(11)7-6-10-4-1-2-8-15-10/h1-5,8-9H,6-7H2,(H2,14,17). The van der Waals surface area contributed by atoms with Crippen molar-refractivity contribution in [3.8, 4) is 0 Å². The zero-order chi connectivity index (χ0) is 12.1. The molecule has 0 atom stereocenters. The first-order valence-corrected chi connectivity index (χ1v) is 5.41. The third-order valence-electron chi connectivity index (χ3n) is 2.50. The summed E-state index contributed by atoms with van der Waals surface area (Å²) in [6.45, 7) is 0. The van der Waals surface area contributed by atoms with Gasteiger partial charge >= 0.3 is 0 Å². The van der Waals surface area contributed by atoms with E-state index in [2.05, 4.69) is 9.97 Å². The van der Waals surface area contributed by atoms with Crippen molar-refractivity contribution in [3.63, 3.8) is 0 Å². The van der Waals surface area contributed by atoms with E-state index < -0.39 is 5.91 Å². The third kappa shape index (κ3) is 2.87. The van der Waals surface area contributed by atoms with Crippen LogP contribution in [0.5, 0.6) is 0 Å². The Balaban J connectivity index is 2.12. The van der Waals surface area contributed by atoms with E-state index >= 15 is 0 Å². The number of carbonyl (C=O) groups excluding carboxylic acids is 1. The van der Waals surface area contributed by atoms with Gasteiger partial charge in [0.15, 0.2) is 0 Å². The second-order valence-corrected chi connectivity index (χ2v) is 3.68. The van der Waals surface area contributed by atoms with Crippen LogP contribution in [0.25, 0.3) is 0 Å². The first-order valence-electron chi connectivity index (χ1n) is 5.41. The number of pyridine rings is 2. The lowest BCUT2D eigenvalue weighted by Gasteiger charge is -2.04. The van der Waals surface area contributed by atoms with E-state index in [0.717, 1.165) is 17.8 Å². The number of carbonyl (C=O) groups is 1. The lowest BCUT2D eigenvalue weighted by molar-refractivity contribution is 0.0999. The molecule has 86 valence electrons. The SMILES string of the molecule is NC(=O)c1cccnc1CCc1ccccn1. The van der Waals surface area contributed by atoms with Crippen molar-refractivity contribution in [2.24, 2.45) is 5.73 Å². The van der Waals surface area contributed by atoms with Crippen LogP contribution in [0.1, 0.15) is 21.7 Å². The van der Waals surface area contributed by atoms with Crippen LogP contribution in [0, 0.1) is 0 Å². The van der Waals surface area contributed by atoms with Crippen LogP contribution in [0.4, 0.5) is 0 Å². The summed E-state index contributed by atoms with van der Waals surface area (Å²) in [6, 6.07) is 9.18. The molecular weight excluding hydrogens is 214 g/mol. The predicted octanol–water partition coefficient (Wildman–Crippen LogP) is 1.36. The van der Waals surface area contributed by atoms with Crippen molar-refractivity contribution >= 4 is 5.91 Å². The summed E-state index contributed by atoms with van der Waals surface area (Å²) in [7, 11) is 0. The number of hydrogen-bond donors (Lipinski definition) is 1. The van der Waals surface area contributed by atoms with Crippen LogP contribution >= 0.6 is 0 Å². The molecule has 0 saturated carbocycles. The van der Waals surface area contributed by atoms with Gasteiger partial charge in [0.05, 0.1) is 11.3 Å². The van der Waals surface area contributed by atoms with Crippen molar-refractivity contribution < 1.29 is 4.79 Å². The van der Waals surface area contributed by atoms with Gasteiger partial charge < -0.3 is 5.73 Å². The van der Waals surface area contributed by atoms with Gasteiger partial charge in [-0.2, -0.15) is 0 Å². The van der Waals surface area contributed by atoms with E-state index in [9.17, 15) is 4.79 Å². The average Bonchev–Trinajstić information content (AvgIpc) is 2.38. The van der Waals surface area contributed by atoms with Gasteiger partial charge in [-0.1, -0.05) is 6.07 Å². The minimum Gasteiger partial charge on any atom is -0.366 e. The van der Waals surface area contributed by atoms with Gasteiger partial charge in [-0.15, -0.1) is 0 Å². The summed E-state index contributed by atoms with van der Waals surface area (Å²) < 4.78 is 0. The molecule has 0 unspecified atom stereocenters. The van der Waals surface area contributed by atoms with Crippen LogP contribution in [-0.4, -0.2) is 15.9 Å². The molecule has 0 aliphatic rings. The predicted molar refractivity (Wildman–Crippen MR) is 64.4 cm³/mol. The number of hydrogen-bond acceptors (Lipinski definition) is 3. The fourth-order valence-corrected chi connectivity index (χ4v) is 1.65. The molecule has 2 rings (SSSR count). The normalized spacial score (nSPS) is 10.1. The second kappa shape index (κ2) is 5.21. The Morgan fingerprint density at radius 2 is 1.88 bits per heavy atom. The summed E-state index contributed by atoms with van der Waals surface area (Å²) in [4.78, 5) is 19.6. The van der Waals surface area contributed by atoms with Crippen molar-refractivity contribution in [3.05, 3.63) is 59.7 Å². The van der Waals surface area contributed by atoms with Gasteiger partial charge in [0.25, 0.3) is 5.91 Å². The molecule has 2 aromatic heterocycles. The second-order valence-electron chi connectivity index (χ2n) is 3.68. The monoisotopic (exact) mass is 227 g/mol. The maximum absolute atomic E-state index is 11.2. The number of primary amides is 1. The van der Waals surface area contributed by atoms with Crippen LogP contribution in [0.15, 0.2) is 42.7 Å². The summed E-state index contributed by atoms with van der Waals surface area (Å²) in [6.07, 6.45) is 4.83. The van der Waals surface area contributed by atoms with Crippen molar-refractivity contribution in [2.75, 3.05) is 0 Å². The largest absolute Gasteiger partial charge is 0.366 e. The smallest absolute Gasteiger partial charge is 0.250 e. The van der Waals surface area contributed by atoms with E-state index in [0.29, 0.717) is 12.0 Å². The summed E-state index contributed by atoms with van der Waals surface area (Å²) >= 11 is 0. The lowest BCUT2D eigenvalue weighted by Crippen LogP contribution is -2.15. The summed E-state index contributed by atoms with van der Waals surface area (Å²) in [5.74, 6) is -0.436. The van der Waals surface area contributed by atoms with Crippen LogP contribution in [0.3, 0.4) is 0 Å². The number of nitrogens with zero attached hydrogens (tertiary/aromatic N) is 2. The van der Waals surface area contributed by atoms with Gasteiger partial charge in [-0.3, -0.25) is 14.8 Å². The highest BCUT2D eigenvalue weighted by atomic mass is 16.1. The molecule has 0 radical (unpaired) electrons. The van der Waals surface area contributed by atoms with E-state index in [4.69, 9.17) is 5.73 Å². The molecule has 2 aromatic rings. The van der Waals surface area contributed by atoms with Gasteiger partial charge in [-0.05, 0) is 37.1 Å². The number of aromatic nitrogens is 2. The van der Waals surface area contributed by atoms with Gasteiger partial charge in [-0.25, -0.2) is 0 Å². The molecule has 2 N–H and O–H groups in total. The topological polar surface area (TPSA) is 68.9 Å². The fourth-order valence-electron chi connectivity index (χ4n) is 1.65. The molecule has 17 heavy (non-hydrogen) atoms. The Morgan fingerprint density at radius 1 is 1.06 bits per heavy atom. The fraction of sp³-hybridized carbons (Fsp3) is 0.154. The molecular formula is C13H13N3O. The maximum atomic E-state index is 11.2. The van der Waals surface area contributed by atoms with Gasteiger partial charge in [0, 0.05) is 18.1 Å². The van der Waals surface area contributed by atoms with Gasteiger partial charge in [0.1, 0.15) is 0 Å². The number of amides is 1. The van der Waals surface area contributed by atoms with Crippen molar-refractivity contribution in [2.45, 2.75) is 12.8 Å². The quantitative estimate of drug-likeness (QED) is 0.857. The molecule has 0 saturated heterocycles. The highest BCUT2D eigenvalue weighted by Crippen LogP contribution is 2.08. The minimum absolute atomic E-state index is 0.436. The third-order valence-corrected chi connectivity index (χ3v) is 2.50. The highest BCUT2D eigenvalue weighted by molar-refractivity contribution is 5.93. The summed E-state index contributed by atoms with van der Waals surface area (Å²) in [5.41, 5.74) is 7.49. The molecule has 4 nitrogen and oxygen atoms in total. The lowest BCUT2D eigenvalue weighted by atomic mass is 10.1. The zero-order valence-electron chi connectivity index (χ0n) is 9.34. The van der Waals surface area contributed by atoms with E-state index in [1.165, 1.54) is 0 Å². The number of rotatable bonds is 4. The average molecular weight is 227 g/mol. The molecule has 0 aliphatic heterocycles. The Kier molecular flexibility index (Phi) is 3.45. The van der Waals surface area contributed by atoms with Crippen LogP contribution in [-0.2, 0) is 12.8 Å². The van der Waals surface area contributed by atoms with Crippen molar-refractivity contribution in [1.82, 2.24) is 9.97 Å². The summed E-state index contributed by atoms with van der Waals surface area (Å²) in [5, 5.41) is 0.